The maximum Gasteiger partial charge on any atom is 0.0732 e. The average Bonchev–Trinajstić information content (AvgIpc) is 3.03. The van der Waals surface area contributed by atoms with Gasteiger partial charge in [0, 0.05) is 29.2 Å². The van der Waals surface area contributed by atoms with Crippen molar-refractivity contribution in [3.8, 4) is 0 Å². The monoisotopic (exact) mass is 260 g/mol. The van der Waals surface area contributed by atoms with Crippen molar-refractivity contribution in [1.29, 1.82) is 0 Å². The van der Waals surface area contributed by atoms with Gasteiger partial charge < -0.3 is 10.3 Å². The Bertz CT molecular complexity index is 467. The Kier molecular flexibility index (Phi) is 3.91. The van der Waals surface area contributed by atoms with Crippen LogP contribution in [0.15, 0.2) is 35.4 Å². The molecule has 1 fully saturated rings. The van der Waals surface area contributed by atoms with Crippen LogP contribution in [0.1, 0.15) is 25.7 Å². The summed E-state index contributed by atoms with van der Waals surface area (Å²) in [5.41, 5.74) is 1.24. The fraction of sp³-hybridized carbons (Fsp3) is 0.467. The molecule has 3 heteroatoms. The number of H-pyrrole nitrogens is 1. The standard InChI is InChI=1S/C15H20N2S/c1-4-8-14-12(5-1)11-15(17-14)18-10-9-16-13-6-2-3-7-13/h1,4-5,8,11,13,16-17H,2-3,6-7,9-10H2. The number of fused-ring (bicyclic) bond motifs is 1. The molecule has 18 heavy (non-hydrogen) atoms. The van der Waals surface area contributed by atoms with Crippen molar-refractivity contribution >= 4 is 22.7 Å². The van der Waals surface area contributed by atoms with Gasteiger partial charge in [-0.05, 0) is 25.0 Å². The maximum absolute atomic E-state index is 3.65. The van der Waals surface area contributed by atoms with Crippen molar-refractivity contribution in [2.24, 2.45) is 0 Å². The molecular weight excluding hydrogens is 240 g/mol. The Morgan fingerprint density at radius 3 is 2.89 bits per heavy atom. The summed E-state index contributed by atoms with van der Waals surface area (Å²) >= 11 is 1.91. The lowest BCUT2D eigenvalue weighted by atomic mass is 10.2. The van der Waals surface area contributed by atoms with Crippen LogP contribution in [0, 0.1) is 0 Å². The third-order valence-electron chi connectivity index (χ3n) is 3.65. The molecule has 0 bridgehead atoms. The van der Waals surface area contributed by atoms with Crippen LogP contribution in [0.5, 0.6) is 0 Å². The van der Waals surface area contributed by atoms with E-state index in [9.17, 15) is 0 Å². The first-order valence-electron chi connectivity index (χ1n) is 6.86. The largest absolute Gasteiger partial charge is 0.350 e. The van der Waals surface area contributed by atoms with Crippen molar-refractivity contribution in [2.45, 2.75) is 36.8 Å². The van der Waals surface area contributed by atoms with Crippen LogP contribution >= 0.6 is 11.8 Å². The fourth-order valence-corrected chi connectivity index (χ4v) is 3.51. The number of benzene rings is 1. The first-order valence-corrected chi connectivity index (χ1v) is 7.84. The molecule has 96 valence electrons. The molecule has 2 nitrogen and oxygen atoms in total. The Labute approximate surface area is 113 Å². The summed E-state index contributed by atoms with van der Waals surface area (Å²) in [5, 5.41) is 6.24. The normalized spacial score (nSPS) is 16.7. The van der Waals surface area contributed by atoms with Gasteiger partial charge in [0.05, 0.1) is 5.03 Å². The van der Waals surface area contributed by atoms with Crippen molar-refractivity contribution in [3.05, 3.63) is 30.3 Å². The summed E-state index contributed by atoms with van der Waals surface area (Å²) in [6.45, 7) is 1.12. The molecule has 3 rings (SSSR count). The molecule has 2 N–H and O–H groups in total. The number of aromatic amines is 1. The maximum atomic E-state index is 3.65. The van der Waals surface area contributed by atoms with Crippen LogP contribution < -0.4 is 5.32 Å². The number of hydrogen-bond donors (Lipinski definition) is 2. The summed E-state index contributed by atoms with van der Waals surface area (Å²) in [4.78, 5) is 3.46. The van der Waals surface area contributed by atoms with E-state index in [1.165, 1.54) is 41.6 Å². The van der Waals surface area contributed by atoms with Crippen molar-refractivity contribution < 1.29 is 0 Å². The Balaban J connectivity index is 1.47. The van der Waals surface area contributed by atoms with E-state index >= 15 is 0 Å². The lowest BCUT2D eigenvalue weighted by Crippen LogP contribution is -2.27. The van der Waals surface area contributed by atoms with E-state index in [2.05, 4.69) is 40.6 Å². The van der Waals surface area contributed by atoms with Crippen LogP contribution in [0.2, 0.25) is 0 Å². The molecule has 0 radical (unpaired) electrons. The van der Waals surface area contributed by atoms with E-state index in [-0.39, 0.29) is 0 Å². The Morgan fingerprint density at radius 1 is 1.22 bits per heavy atom. The van der Waals surface area contributed by atoms with E-state index in [0.29, 0.717) is 0 Å². The van der Waals surface area contributed by atoms with Gasteiger partial charge in [-0.25, -0.2) is 0 Å². The molecule has 1 aliphatic rings. The molecule has 1 heterocycles. The van der Waals surface area contributed by atoms with Crippen molar-refractivity contribution in [1.82, 2.24) is 10.3 Å². The first-order chi connectivity index (χ1) is 8.92. The van der Waals surface area contributed by atoms with Gasteiger partial charge in [-0.1, -0.05) is 31.0 Å². The van der Waals surface area contributed by atoms with Crippen molar-refractivity contribution in [2.75, 3.05) is 12.3 Å². The molecule has 1 aromatic heterocycles. The first kappa shape index (κ1) is 12.1. The molecule has 1 aromatic carbocycles. The third-order valence-corrected chi connectivity index (χ3v) is 4.59. The second-order valence-electron chi connectivity index (χ2n) is 5.00. The fourth-order valence-electron chi connectivity index (χ4n) is 2.68. The molecule has 1 saturated carbocycles. The molecule has 2 aromatic rings. The Morgan fingerprint density at radius 2 is 2.06 bits per heavy atom. The second-order valence-corrected chi connectivity index (χ2v) is 6.14. The highest BCUT2D eigenvalue weighted by Crippen LogP contribution is 2.23. The Hall–Kier alpha value is -0.930. The highest BCUT2D eigenvalue weighted by Gasteiger charge is 2.13. The van der Waals surface area contributed by atoms with Gasteiger partial charge in [0.15, 0.2) is 0 Å². The minimum absolute atomic E-state index is 0.785. The topological polar surface area (TPSA) is 27.8 Å². The summed E-state index contributed by atoms with van der Waals surface area (Å²) in [5.74, 6) is 1.14. The van der Waals surface area contributed by atoms with E-state index in [1.807, 2.05) is 11.8 Å². The van der Waals surface area contributed by atoms with Gasteiger partial charge in [-0.15, -0.1) is 11.8 Å². The predicted octanol–water partition coefficient (Wildman–Crippen LogP) is 3.79. The predicted molar refractivity (Wildman–Crippen MR) is 79.3 cm³/mol. The van der Waals surface area contributed by atoms with E-state index in [0.717, 1.165) is 18.3 Å². The number of nitrogens with one attached hydrogen (secondary N) is 2. The van der Waals surface area contributed by atoms with Crippen LogP contribution in [0.3, 0.4) is 0 Å². The highest BCUT2D eigenvalue weighted by molar-refractivity contribution is 7.99. The molecule has 0 aliphatic heterocycles. The minimum Gasteiger partial charge on any atom is -0.350 e. The summed E-state index contributed by atoms with van der Waals surface area (Å²) < 4.78 is 0. The average molecular weight is 260 g/mol. The van der Waals surface area contributed by atoms with Crippen LogP contribution in [-0.4, -0.2) is 23.3 Å². The van der Waals surface area contributed by atoms with E-state index in [1.54, 1.807) is 0 Å². The van der Waals surface area contributed by atoms with Gasteiger partial charge in [-0.2, -0.15) is 0 Å². The van der Waals surface area contributed by atoms with E-state index in [4.69, 9.17) is 0 Å². The SMILES string of the molecule is c1ccc2[nH]c(SCCNC3CCCC3)cc2c1. The molecule has 0 spiro atoms. The van der Waals surface area contributed by atoms with Gasteiger partial charge in [0.1, 0.15) is 0 Å². The minimum atomic E-state index is 0.785. The lowest BCUT2D eigenvalue weighted by Gasteiger charge is -2.10. The molecule has 0 unspecified atom stereocenters. The van der Waals surface area contributed by atoms with Gasteiger partial charge in [0.2, 0.25) is 0 Å². The summed E-state index contributed by atoms with van der Waals surface area (Å²) in [7, 11) is 0. The third kappa shape index (κ3) is 2.90. The second kappa shape index (κ2) is 5.81. The zero-order chi connectivity index (χ0) is 12.2. The smallest absolute Gasteiger partial charge is 0.0732 e. The zero-order valence-corrected chi connectivity index (χ0v) is 11.4. The molecule has 1 aliphatic carbocycles. The van der Waals surface area contributed by atoms with Gasteiger partial charge in [0.25, 0.3) is 0 Å². The number of rotatable bonds is 5. The number of para-hydroxylation sites is 1. The number of thioether (sulfide) groups is 1. The summed E-state index contributed by atoms with van der Waals surface area (Å²) in [6.07, 6.45) is 5.56. The number of aromatic nitrogens is 1. The lowest BCUT2D eigenvalue weighted by molar-refractivity contribution is 0.545. The van der Waals surface area contributed by atoms with Crippen LogP contribution in [0.4, 0.5) is 0 Å². The van der Waals surface area contributed by atoms with Gasteiger partial charge >= 0.3 is 0 Å². The van der Waals surface area contributed by atoms with Crippen LogP contribution in [-0.2, 0) is 0 Å². The number of hydrogen-bond acceptors (Lipinski definition) is 2. The highest BCUT2D eigenvalue weighted by atomic mass is 32.2. The van der Waals surface area contributed by atoms with E-state index < -0.39 is 0 Å². The molecule has 0 saturated heterocycles. The molecular formula is C15H20N2S. The quantitative estimate of drug-likeness (QED) is 0.632. The zero-order valence-electron chi connectivity index (χ0n) is 10.6. The summed E-state index contributed by atoms with van der Waals surface area (Å²) in [6, 6.07) is 11.5. The van der Waals surface area contributed by atoms with Gasteiger partial charge in [-0.3, -0.25) is 0 Å². The van der Waals surface area contributed by atoms with Crippen LogP contribution in [0.25, 0.3) is 10.9 Å². The molecule has 0 atom stereocenters. The molecule has 0 amide bonds. The van der Waals surface area contributed by atoms with Crippen molar-refractivity contribution in [3.63, 3.8) is 0 Å².